The van der Waals surface area contributed by atoms with Gasteiger partial charge in [-0.05, 0) is 36.5 Å². The van der Waals surface area contributed by atoms with Crippen LogP contribution in [0.4, 0.5) is 0 Å². The highest BCUT2D eigenvalue weighted by Crippen LogP contribution is 2.38. The Morgan fingerprint density at radius 3 is 2.18 bits per heavy atom. The highest BCUT2D eigenvalue weighted by atomic mass is 16.5. The molecule has 1 aromatic heterocycles. The number of esters is 1. The van der Waals surface area contributed by atoms with Crippen LogP contribution in [-0.2, 0) is 9.53 Å². The number of hydrogen-bond acceptors (Lipinski definition) is 5. The first-order valence-corrected chi connectivity index (χ1v) is 14.5. The van der Waals surface area contributed by atoms with E-state index >= 15 is 0 Å². The van der Waals surface area contributed by atoms with E-state index in [4.69, 9.17) is 19.4 Å². The lowest BCUT2D eigenvalue weighted by Crippen LogP contribution is -2.11. The van der Waals surface area contributed by atoms with E-state index < -0.39 is 0 Å². The number of unbranched alkanes of at least 4 members (excludes halogenated alkanes) is 7. The first-order chi connectivity index (χ1) is 18.7. The summed E-state index contributed by atoms with van der Waals surface area (Å²) in [6.45, 7) is 7.07. The Balaban J connectivity index is 1.75. The van der Waals surface area contributed by atoms with Gasteiger partial charge in [0, 0.05) is 24.4 Å². The minimum absolute atomic E-state index is 0.145. The molecule has 0 aliphatic carbocycles. The van der Waals surface area contributed by atoms with Gasteiger partial charge in [-0.1, -0.05) is 108 Å². The largest absolute Gasteiger partial charge is 0.493 e. The Morgan fingerprint density at radius 2 is 1.47 bits per heavy atom. The summed E-state index contributed by atoms with van der Waals surface area (Å²) in [5, 5.41) is 0. The van der Waals surface area contributed by atoms with Crippen LogP contribution in [-0.4, -0.2) is 22.5 Å². The number of carbonyl (C=O) groups excluding carboxylic acids is 1. The molecule has 3 rings (SSSR count). The summed E-state index contributed by atoms with van der Waals surface area (Å²) >= 11 is 0. The zero-order valence-electron chi connectivity index (χ0n) is 23.5. The van der Waals surface area contributed by atoms with Crippen LogP contribution in [0.25, 0.3) is 22.5 Å². The molecule has 5 nitrogen and oxygen atoms in total. The molecular formula is C33H44N2O3. The van der Waals surface area contributed by atoms with E-state index in [1.807, 2.05) is 37.3 Å². The van der Waals surface area contributed by atoms with Crippen molar-refractivity contribution in [3.63, 3.8) is 0 Å². The standard InChI is InChI=1S/C33H44N2O3/c1-4-7-9-10-11-15-22-31(36)38-29(6-3)27-24-34-33(35-25-27)32-28(26-18-13-12-14-19-26)20-17-21-30(32)37-23-16-8-5-2/h12-14,17-21,24-25,29H,4-11,15-16,22-23H2,1-3H3/t29-/m0/s1. The number of aromatic nitrogens is 2. The molecule has 0 bridgehead atoms. The third-order valence-electron chi connectivity index (χ3n) is 6.76. The van der Waals surface area contributed by atoms with Gasteiger partial charge in [0.2, 0.25) is 0 Å². The average molecular weight is 517 g/mol. The lowest BCUT2D eigenvalue weighted by molar-refractivity contribution is -0.149. The van der Waals surface area contributed by atoms with Crippen molar-refractivity contribution in [1.29, 1.82) is 0 Å². The monoisotopic (exact) mass is 516 g/mol. The highest BCUT2D eigenvalue weighted by Gasteiger charge is 2.19. The van der Waals surface area contributed by atoms with Crippen molar-refractivity contribution in [2.24, 2.45) is 0 Å². The molecule has 1 atom stereocenters. The molecule has 0 saturated carbocycles. The molecule has 0 radical (unpaired) electrons. The number of ether oxygens (including phenoxy) is 2. The van der Waals surface area contributed by atoms with Crippen molar-refractivity contribution >= 4 is 5.97 Å². The predicted molar refractivity (Wildman–Crippen MR) is 155 cm³/mol. The van der Waals surface area contributed by atoms with Crippen molar-refractivity contribution in [2.45, 2.75) is 97.5 Å². The fourth-order valence-corrected chi connectivity index (χ4v) is 4.56. The second-order valence-electron chi connectivity index (χ2n) is 9.84. The molecule has 0 aliphatic heterocycles. The van der Waals surface area contributed by atoms with Gasteiger partial charge >= 0.3 is 5.97 Å². The summed E-state index contributed by atoms with van der Waals surface area (Å²) in [4.78, 5) is 22.0. The Bertz CT molecular complexity index is 1080. The smallest absolute Gasteiger partial charge is 0.306 e. The normalized spacial score (nSPS) is 11.8. The summed E-state index contributed by atoms with van der Waals surface area (Å²) in [5.41, 5.74) is 3.82. The zero-order valence-corrected chi connectivity index (χ0v) is 23.5. The van der Waals surface area contributed by atoms with Crippen molar-refractivity contribution in [3.8, 4) is 28.3 Å². The minimum Gasteiger partial charge on any atom is -0.493 e. The summed E-state index contributed by atoms with van der Waals surface area (Å²) in [5.74, 6) is 1.24. The maximum Gasteiger partial charge on any atom is 0.306 e. The Hall–Kier alpha value is -3.21. The maximum absolute atomic E-state index is 12.5. The third-order valence-corrected chi connectivity index (χ3v) is 6.76. The summed E-state index contributed by atoms with van der Waals surface area (Å²) in [7, 11) is 0. The molecule has 0 saturated heterocycles. The molecule has 204 valence electrons. The van der Waals surface area contributed by atoms with Crippen molar-refractivity contribution in [1.82, 2.24) is 9.97 Å². The van der Waals surface area contributed by atoms with Gasteiger partial charge in [-0.2, -0.15) is 0 Å². The van der Waals surface area contributed by atoms with E-state index in [-0.39, 0.29) is 12.1 Å². The lowest BCUT2D eigenvalue weighted by atomic mass is 9.98. The number of hydrogen-bond donors (Lipinski definition) is 0. The summed E-state index contributed by atoms with van der Waals surface area (Å²) < 4.78 is 12.0. The lowest BCUT2D eigenvalue weighted by Gasteiger charge is -2.18. The summed E-state index contributed by atoms with van der Waals surface area (Å²) in [6.07, 6.45) is 14.5. The van der Waals surface area contributed by atoms with Gasteiger partial charge < -0.3 is 9.47 Å². The quantitative estimate of drug-likeness (QED) is 0.132. The fourth-order valence-electron chi connectivity index (χ4n) is 4.56. The molecule has 5 heteroatoms. The van der Waals surface area contributed by atoms with Crippen LogP contribution in [0.15, 0.2) is 60.9 Å². The Kier molecular flexibility index (Phi) is 12.8. The van der Waals surface area contributed by atoms with Gasteiger partial charge in [0.05, 0.1) is 12.2 Å². The van der Waals surface area contributed by atoms with E-state index in [1.165, 1.54) is 25.7 Å². The van der Waals surface area contributed by atoms with E-state index in [9.17, 15) is 4.79 Å². The van der Waals surface area contributed by atoms with Crippen LogP contribution in [0.3, 0.4) is 0 Å². The van der Waals surface area contributed by atoms with E-state index in [0.717, 1.165) is 60.1 Å². The third kappa shape index (κ3) is 8.97. The molecule has 0 fully saturated rings. The van der Waals surface area contributed by atoms with Gasteiger partial charge in [-0.15, -0.1) is 0 Å². The second kappa shape index (κ2) is 16.6. The van der Waals surface area contributed by atoms with Crippen LogP contribution in [0.1, 0.15) is 103 Å². The maximum atomic E-state index is 12.5. The van der Waals surface area contributed by atoms with Crippen molar-refractivity contribution in [3.05, 3.63) is 66.5 Å². The molecular weight excluding hydrogens is 472 g/mol. The molecule has 0 aliphatic rings. The van der Waals surface area contributed by atoms with Gasteiger partial charge in [-0.25, -0.2) is 9.97 Å². The van der Waals surface area contributed by atoms with Crippen LogP contribution in [0.2, 0.25) is 0 Å². The number of carbonyl (C=O) groups is 1. The van der Waals surface area contributed by atoms with Gasteiger partial charge in [0.25, 0.3) is 0 Å². The topological polar surface area (TPSA) is 61.3 Å². The highest BCUT2D eigenvalue weighted by molar-refractivity contribution is 5.84. The SMILES string of the molecule is CCCCCCCCC(=O)O[C@@H](CC)c1cnc(-c2c(OCCCCC)cccc2-c2ccccc2)nc1. The van der Waals surface area contributed by atoms with Crippen LogP contribution in [0, 0.1) is 0 Å². The zero-order chi connectivity index (χ0) is 27.0. The average Bonchev–Trinajstić information content (AvgIpc) is 2.96. The van der Waals surface area contributed by atoms with E-state index in [0.29, 0.717) is 25.3 Å². The molecule has 0 spiro atoms. The first-order valence-electron chi connectivity index (χ1n) is 14.5. The molecule has 0 N–H and O–H groups in total. The van der Waals surface area contributed by atoms with E-state index in [2.05, 4.69) is 32.0 Å². The minimum atomic E-state index is -0.342. The predicted octanol–water partition coefficient (Wildman–Crippen LogP) is 9.12. The molecule has 0 unspecified atom stereocenters. The van der Waals surface area contributed by atoms with Gasteiger partial charge in [0.1, 0.15) is 11.9 Å². The summed E-state index contributed by atoms with van der Waals surface area (Å²) in [6, 6.07) is 16.3. The van der Waals surface area contributed by atoms with Gasteiger partial charge in [0.15, 0.2) is 5.82 Å². The molecule has 38 heavy (non-hydrogen) atoms. The fraction of sp³-hybridized carbons (Fsp3) is 0.485. The van der Waals surface area contributed by atoms with Crippen LogP contribution in [0.5, 0.6) is 5.75 Å². The second-order valence-corrected chi connectivity index (χ2v) is 9.84. The molecule has 3 aromatic rings. The van der Waals surface area contributed by atoms with Gasteiger partial charge in [-0.3, -0.25) is 4.79 Å². The van der Waals surface area contributed by atoms with Crippen molar-refractivity contribution in [2.75, 3.05) is 6.61 Å². The Morgan fingerprint density at radius 1 is 0.789 bits per heavy atom. The first kappa shape index (κ1) is 29.3. The molecule has 0 amide bonds. The molecule has 1 heterocycles. The van der Waals surface area contributed by atoms with Crippen molar-refractivity contribution < 1.29 is 14.3 Å². The number of rotatable bonds is 17. The van der Waals surface area contributed by atoms with Crippen LogP contribution >= 0.6 is 0 Å². The number of benzene rings is 2. The van der Waals surface area contributed by atoms with E-state index in [1.54, 1.807) is 12.4 Å². The number of nitrogens with zero attached hydrogens (tertiary/aromatic N) is 2. The molecule has 2 aromatic carbocycles. The van der Waals surface area contributed by atoms with Crippen LogP contribution < -0.4 is 4.74 Å². The Labute approximate surface area is 229 Å².